The number of ketones is 2. The van der Waals surface area contributed by atoms with E-state index in [9.17, 15) is 28.0 Å². The van der Waals surface area contributed by atoms with Crippen molar-refractivity contribution in [2.75, 3.05) is 0 Å². The molecule has 10 aromatic rings. The molecule has 4 heterocycles. The summed E-state index contributed by atoms with van der Waals surface area (Å²) in [7, 11) is 0. The number of aromatic amines is 2. The van der Waals surface area contributed by atoms with Crippen molar-refractivity contribution in [2.45, 2.75) is 38.8 Å². The maximum atomic E-state index is 13.1. The molecule has 0 bridgehead atoms. The summed E-state index contributed by atoms with van der Waals surface area (Å²) in [4.78, 5) is 74.8. The maximum absolute atomic E-state index is 13.1. The number of hydrogen-bond acceptors (Lipinski definition) is 10. The average Bonchev–Trinajstić information content (AvgIpc) is 4.06. The van der Waals surface area contributed by atoms with Gasteiger partial charge in [-0.15, -0.1) is 0 Å². The van der Waals surface area contributed by atoms with Crippen LogP contribution >= 0.6 is 0 Å². The van der Waals surface area contributed by atoms with Gasteiger partial charge < -0.3 is 30.1 Å². The fraction of sp³-hybridized carbons (Fsp3) is 0.103. The number of ether oxygens (including phenoxy) is 2. The van der Waals surface area contributed by atoms with Crippen molar-refractivity contribution in [2.24, 2.45) is 0 Å². The molecule has 0 saturated carbocycles. The van der Waals surface area contributed by atoms with E-state index in [1.807, 2.05) is 62.4 Å². The van der Waals surface area contributed by atoms with Crippen molar-refractivity contribution < 1.29 is 37.4 Å². The number of benzene rings is 6. The van der Waals surface area contributed by atoms with E-state index >= 15 is 0 Å². The average molecular weight is 989 g/mol. The summed E-state index contributed by atoms with van der Waals surface area (Å²) < 4.78 is 38.1. The van der Waals surface area contributed by atoms with E-state index < -0.39 is 0 Å². The van der Waals surface area contributed by atoms with E-state index in [2.05, 4.69) is 40.5 Å². The van der Waals surface area contributed by atoms with Gasteiger partial charge in [0.25, 0.3) is 11.8 Å². The summed E-state index contributed by atoms with van der Waals surface area (Å²) in [6, 6.07) is 46.5. The molecule has 0 aliphatic carbocycles. The minimum absolute atomic E-state index is 0.144. The Balaban J connectivity index is 0.000000182. The van der Waals surface area contributed by atoms with Crippen LogP contribution in [-0.2, 0) is 12.8 Å². The molecule has 6 aromatic carbocycles. The Bertz CT molecular complexity index is 3300. The van der Waals surface area contributed by atoms with E-state index in [4.69, 9.17) is 9.47 Å². The van der Waals surface area contributed by atoms with Gasteiger partial charge in [0.1, 0.15) is 34.3 Å². The van der Waals surface area contributed by atoms with Crippen LogP contribution in [0.25, 0.3) is 22.1 Å². The van der Waals surface area contributed by atoms with Gasteiger partial charge in [-0.1, -0.05) is 48.5 Å². The lowest BCUT2D eigenvalue weighted by Gasteiger charge is -2.15. The molecule has 0 saturated heterocycles. The Morgan fingerprint density at radius 3 is 1.24 bits per heavy atom. The predicted octanol–water partition coefficient (Wildman–Crippen LogP) is 11.0. The van der Waals surface area contributed by atoms with Gasteiger partial charge >= 0.3 is 0 Å². The summed E-state index contributed by atoms with van der Waals surface area (Å²) in [5, 5.41) is 5.86. The molecule has 4 N–H and O–H groups in total. The lowest BCUT2D eigenvalue weighted by atomic mass is 10.1. The molecule has 74 heavy (non-hydrogen) atoms. The fourth-order valence-corrected chi connectivity index (χ4v) is 7.91. The van der Waals surface area contributed by atoms with E-state index in [1.165, 1.54) is 36.7 Å². The van der Waals surface area contributed by atoms with E-state index in [1.54, 1.807) is 97.1 Å². The number of pyridine rings is 2. The molecule has 2 atom stereocenters. The molecule has 0 spiro atoms. The number of halogens is 2. The highest BCUT2D eigenvalue weighted by atomic mass is 19.1. The number of rotatable bonds is 16. The first-order chi connectivity index (χ1) is 35.9. The number of nitrogens with zero attached hydrogens (tertiary/aromatic N) is 4. The van der Waals surface area contributed by atoms with Crippen LogP contribution in [0.2, 0.25) is 0 Å². The highest BCUT2D eigenvalue weighted by Gasteiger charge is 2.21. The normalized spacial score (nSPS) is 11.7. The molecule has 2 amide bonds. The Labute approximate surface area is 422 Å². The minimum atomic E-state index is -0.339. The molecule has 16 heteroatoms. The van der Waals surface area contributed by atoms with Gasteiger partial charge in [-0.05, 0) is 159 Å². The molecule has 0 fully saturated rings. The van der Waals surface area contributed by atoms with Crippen LogP contribution in [0.3, 0.4) is 0 Å². The zero-order valence-electron chi connectivity index (χ0n) is 39.9. The maximum Gasteiger partial charge on any atom is 0.257 e. The molecular formula is C58H46F2N8O6. The zero-order valence-corrected chi connectivity index (χ0v) is 39.9. The molecule has 1 unspecified atom stereocenters. The van der Waals surface area contributed by atoms with E-state index in [0.29, 0.717) is 35.5 Å². The van der Waals surface area contributed by atoms with Gasteiger partial charge in [0.2, 0.25) is 23.3 Å². The van der Waals surface area contributed by atoms with Gasteiger partial charge in [0.15, 0.2) is 11.6 Å². The second kappa shape index (κ2) is 22.6. The molecule has 14 nitrogen and oxygen atoms in total. The Morgan fingerprint density at radius 2 is 0.865 bits per heavy atom. The number of carbonyl (C=O) groups excluding carboxylic acids is 4. The smallest absolute Gasteiger partial charge is 0.257 e. The molecule has 368 valence electrons. The number of aromatic nitrogens is 6. The van der Waals surface area contributed by atoms with Crippen LogP contribution < -0.4 is 20.1 Å². The van der Waals surface area contributed by atoms with Crippen LogP contribution in [-0.4, -0.2) is 65.4 Å². The number of para-hydroxylation sites is 4. The second-order valence-electron chi connectivity index (χ2n) is 17.2. The van der Waals surface area contributed by atoms with Crippen LogP contribution in [0, 0.1) is 11.6 Å². The Kier molecular flexibility index (Phi) is 15.0. The number of amides is 2. The van der Waals surface area contributed by atoms with Crippen molar-refractivity contribution in [3.63, 3.8) is 0 Å². The standard InChI is InChI=1S/2C29H23FN4O3/c2*1-18(17-19-8-12-21(30)13-9-19)32-28(36)23-5-4-16-31-29(23)37-22-14-10-20(11-15-22)26(35)27-33-24-6-2-3-7-25(24)34-27/h2*2-16,18H,17H2,1H3,(H,32,36)(H,33,34)/t18-;/m0./s1. The molecule has 10 rings (SSSR count). The second-order valence-corrected chi connectivity index (χ2v) is 17.2. The van der Waals surface area contributed by atoms with Gasteiger partial charge in [0.05, 0.1) is 22.1 Å². The van der Waals surface area contributed by atoms with E-state index in [0.717, 1.165) is 33.2 Å². The minimum Gasteiger partial charge on any atom is -0.438 e. The quantitative estimate of drug-likeness (QED) is 0.0677. The van der Waals surface area contributed by atoms with Crippen molar-refractivity contribution in [1.82, 2.24) is 40.5 Å². The van der Waals surface area contributed by atoms with Crippen LogP contribution in [0.15, 0.2) is 182 Å². The monoisotopic (exact) mass is 988 g/mol. The molecule has 0 radical (unpaired) electrons. The first-order valence-corrected chi connectivity index (χ1v) is 23.5. The van der Waals surface area contributed by atoms with Crippen LogP contribution in [0.1, 0.15) is 78.1 Å². The lowest BCUT2D eigenvalue weighted by molar-refractivity contribution is 0.0928. The number of fused-ring (bicyclic) bond motifs is 2. The highest BCUT2D eigenvalue weighted by Crippen LogP contribution is 2.27. The molecule has 4 aromatic heterocycles. The molecular weight excluding hydrogens is 943 g/mol. The number of H-pyrrole nitrogens is 2. The third-order valence-electron chi connectivity index (χ3n) is 11.6. The number of nitrogens with one attached hydrogen (secondary N) is 4. The fourth-order valence-electron chi connectivity index (χ4n) is 7.91. The number of hydrogen-bond donors (Lipinski definition) is 4. The molecule has 0 aliphatic rings. The van der Waals surface area contributed by atoms with Crippen LogP contribution in [0.4, 0.5) is 8.78 Å². The van der Waals surface area contributed by atoms with Crippen molar-refractivity contribution >= 4 is 45.4 Å². The topological polar surface area (TPSA) is 194 Å². The first-order valence-electron chi connectivity index (χ1n) is 23.5. The summed E-state index contributed by atoms with van der Waals surface area (Å²) in [6.45, 7) is 3.74. The van der Waals surface area contributed by atoms with Crippen LogP contribution in [0.5, 0.6) is 23.3 Å². The molecule has 0 aliphatic heterocycles. The van der Waals surface area contributed by atoms with Crippen molar-refractivity contribution in [1.29, 1.82) is 0 Å². The van der Waals surface area contributed by atoms with Crippen molar-refractivity contribution in [3.8, 4) is 23.3 Å². The van der Waals surface area contributed by atoms with Gasteiger partial charge in [-0.2, -0.15) is 0 Å². The van der Waals surface area contributed by atoms with Crippen molar-refractivity contribution in [3.05, 3.63) is 239 Å². The Morgan fingerprint density at radius 1 is 0.486 bits per heavy atom. The summed E-state index contributed by atoms with van der Waals surface area (Å²) in [6.07, 6.45) is 4.16. The number of carbonyl (C=O) groups is 4. The third-order valence-corrected chi connectivity index (χ3v) is 11.6. The summed E-state index contributed by atoms with van der Waals surface area (Å²) in [5.41, 5.74) is 6.28. The number of imidazole rings is 2. The highest BCUT2D eigenvalue weighted by molar-refractivity contribution is 6.08. The van der Waals surface area contributed by atoms with E-state index in [-0.39, 0.29) is 81.6 Å². The zero-order chi connectivity index (χ0) is 51.6. The summed E-state index contributed by atoms with van der Waals surface area (Å²) >= 11 is 0. The lowest BCUT2D eigenvalue weighted by Crippen LogP contribution is -2.34. The predicted molar refractivity (Wildman–Crippen MR) is 275 cm³/mol. The Hall–Kier alpha value is -9.70. The van der Waals surface area contributed by atoms with Gasteiger partial charge in [0, 0.05) is 35.6 Å². The third kappa shape index (κ3) is 12.2. The SMILES string of the molecule is CC(Cc1ccc(F)cc1)NC(=O)c1cccnc1Oc1ccc(C(=O)c2nc3ccccc3[nH]2)cc1.C[C@@H](Cc1ccc(F)cc1)NC(=O)c1cccnc1Oc1ccc(C(=O)c2nc3ccccc3[nH]2)cc1. The largest absolute Gasteiger partial charge is 0.438 e. The van der Waals surface area contributed by atoms with Gasteiger partial charge in [-0.25, -0.2) is 28.7 Å². The first kappa shape index (κ1) is 49.3. The van der Waals surface area contributed by atoms with Gasteiger partial charge in [-0.3, -0.25) is 19.2 Å². The summed E-state index contributed by atoms with van der Waals surface area (Å²) in [5.74, 6) is -0.108.